The summed E-state index contributed by atoms with van der Waals surface area (Å²) in [6.45, 7) is 3.83. The van der Waals surface area contributed by atoms with Crippen LogP contribution in [0.15, 0.2) is 29.4 Å². The molecule has 1 amide bonds. The van der Waals surface area contributed by atoms with E-state index in [-0.39, 0.29) is 17.6 Å². The van der Waals surface area contributed by atoms with Gasteiger partial charge in [0.2, 0.25) is 11.1 Å². The third-order valence-corrected chi connectivity index (χ3v) is 5.00. The molecule has 140 valence electrons. The molecule has 0 unspecified atom stereocenters. The number of hydrogen-bond acceptors (Lipinski definition) is 7. The van der Waals surface area contributed by atoms with Crippen molar-refractivity contribution in [1.29, 1.82) is 0 Å². The molecule has 8 nitrogen and oxygen atoms in total. The molecule has 1 aromatic carbocycles. The van der Waals surface area contributed by atoms with Gasteiger partial charge in [-0.3, -0.25) is 4.79 Å². The first-order valence-corrected chi connectivity index (χ1v) is 9.37. The lowest BCUT2D eigenvalue weighted by molar-refractivity contribution is -0.146. The summed E-state index contributed by atoms with van der Waals surface area (Å²) in [6, 6.07) is 6.34. The lowest BCUT2D eigenvalue weighted by Gasteiger charge is -2.21. The van der Waals surface area contributed by atoms with Gasteiger partial charge >= 0.3 is 5.97 Å². The number of tetrazole rings is 1. The van der Waals surface area contributed by atoms with Crippen molar-refractivity contribution in [3.8, 4) is 5.69 Å². The number of aromatic nitrogens is 4. The van der Waals surface area contributed by atoms with Crippen LogP contribution in [0.4, 0.5) is 0 Å². The van der Waals surface area contributed by atoms with Crippen molar-refractivity contribution in [2.24, 2.45) is 5.92 Å². The predicted octanol–water partition coefficient (Wildman–Crippen LogP) is 2.11. The second-order valence-electron chi connectivity index (χ2n) is 5.59. The highest BCUT2D eigenvalue weighted by molar-refractivity contribution is 7.99. The Kier molecular flexibility index (Phi) is 7.40. The number of nitrogens with one attached hydrogen (secondary N) is 1. The molecule has 0 radical (unpaired) electrons. The zero-order valence-electron chi connectivity index (χ0n) is 14.7. The molecule has 1 heterocycles. The average Bonchev–Trinajstić information content (AvgIpc) is 3.12. The lowest BCUT2D eigenvalue weighted by Crippen LogP contribution is -2.46. The van der Waals surface area contributed by atoms with Gasteiger partial charge in [-0.05, 0) is 40.6 Å². The summed E-state index contributed by atoms with van der Waals surface area (Å²) in [4.78, 5) is 24.1. The zero-order valence-corrected chi connectivity index (χ0v) is 16.3. The molecule has 10 heteroatoms. The largest absolute Gasteiger partial charge is 0.467 e. The molecular formula is C16H20ClN5O3S. The van der Waals surface area contributed by atoms with Crippen LogP contribution in [0.25, 0.3) is 5.69 Å². The summed E-state index contributed by atoms with van der Waals surface area (Å²) < 4.78 is 6.28. The van der Waals surface area contributed by atoms with E-state index in [2.05, 4.69) is 20.8 Å². The van der Waals surface area contributed by atoms with Crippen molar-refractivity contribution >= 4 is 35.2 Å². The van der Waals surface area contributed by atoms with E-state index in [4.69, 9.17) is 16.3 Å². The second-order valence-corrected chi connectivity index (χ2v) is 6.97. The Hall–Kier alpha value is -2.13. The minimum Gasteiger partial charge on any atom is -0.467 e. The SMILES string of the molecule is CC[C@H](C)[C@@H](NC(=O)CSc1nnnn1-c1ccc(Cl)cc1)C(=O)OC. The van der Waals surface area contributed by atoms with Gasteiger partial charge in [0, 0.05) is 5.02 Å². The quantitative estimate of drug-likeness (QED) is 0.538. The molecule has 1 N–H and O–H groups in total. The van der Waals surface area contributed by atoms with E-state index < -0.39 is 12.0 Å². The fourth-order valence-corrected chi connectivity index (χ4v) is 2.98. The number of esters is 1. The number of methoxy groups -OCH3 is 1. The van der Waals surface area contributed by atoms with E-state index in [0.717, 1.165) is 12.1 Å². The number of nitrogens with zero attached hydrogens (tertiary/aromatic N) is 4. The van der Waals surface area contributed by atoms with E-state index in [1.807, 2.05) is 13.8 Å². The molecule has 2 aromatic rings. The Bertz CT molecular complexity index is 753. The highest BCUT2D eigenvalue weighted by Gasteiger charge is 2.26. The zero-order chi connectivity index (χ0) is 19.1. The van der Waals surface area contributed by atoms with Gasteiger partial charge < -0.3 is 10.1 Å². The second kappa shape index (κ2) is 9.54. The monoisotopic (exact) mass is 397 g/mol. The van der Waals surface area contributed by atoms with E-state index in [9.17, 15) is 9.59 Å². The Morgan fingerprint density at radius 1 is 1.35 bits per heavy atom. The minimum absolute atomic E-state index is 0.0317. The van der Waals surface area contributed by atoms with Gasteiger partial charge in [0.15, 0.2) is 0 Å². The summed E-state index contributed by atoms with van der Waals surface area (Å²) in [7, 11) is 1.30. The molecule has 0 aliphatic rings. The summed E-state index contributed by atoms with van der Waals surface area (Å²) in [5.74, 6) is -0.714. The summed E-state index contributed by atoms with van der Waals surface area (Å²) in [6.07, 6.45) is 0.738. The smallest absolute Gasteiger partial charge is 0.328 e. The predicted molar refractivity (Wildman–Crippen MR) is 98.3 cm³/mol. The number of ether oxygens (including phenoxy) is 1. The number of hydrogen-bond donors (Lipinski definition) is 1. The standard InChI is InChI=1S/C16H20ClN5O3S/c1-4-10(2)14(15(24)25-3)18-13(23)9-26-16-19-20-21-22(16)12-7-5-11(17)6-8-12/h5-8,10,14H,4,9H2,1-3H3,(H,18,23)/t10-,14+/m0/s1. The van der Waals surface area contributed by atoms with Crippen LogP contribution in [0.2, 0.25) is 5.02 Å². The topological polar surface area (TPSA) is 99.0 Å². The Labute approximate surface area is 160 Å². The van der Waals surface area contributed by atoms with Crippen LogP contribution in [0.5, 0.6) is 0 Å². The highest BCUT2D eigenvalue weighted by atomic mass is 35.5. The van der Waals surface area contributed by atoms with Gasteiger partial charge in [0.25, 0.3) is 0 Å². The molecule has 2 atom stereocenters. The van der Waals surface area contributed by atoms with Crippen molar-refractivity contribution in [2.75, 3.05) is 12.9 Å². The Balaban J connectivity index is 2.00. The minimum atomic E-state index is -0.676. The molecule has 0 saturated carbocycles. The first-order chi connectivity index (χ1) is 12.5. The van der Waals surface area contributed by atoms with Crippen molar-refractivity contribution in [3.63, 3.8) is 0 Å². The molecule has 0 bridgehead atoms. The third kappa shape index (κ3) is 5.18. The van der Waals surface area contributed by atoms with Crippen LogP contribution < -0.4 is 5.32 Å². The van der Waals surface area contributed by atoms with E-state index in [1.165, 1.54) is 23.6 Å². The van der Waals surface area contributed by atoms with Gasteiger partial charge in [-0.2, -0.15) is 4.68 Å². The number of benzene rings is 1. The number of carbonyl (C=O) groups excluding carboxylic acids is 2. The van der Waals surface area contributed by atoms with Crippen LogP contribution in [0.1, 0.15) is 20.3 Å². The Morgan fingerprint density at radius 3 is 2.65 bits per heavy atom. The van der Waals surface area contributed by atoms with Crippen molar-refractivity contribution < 1.29 is 14.3 Å². The maximum absolute atomic E-state index is 12.2. The Morgan fingerprint density at radius 2 is 2.04 bits per heavy atom. The molecule has 26 heavy (non-hydrogen) atoms. The van der Waals surface area contributed by atoms with E-state index in [1.54, 1.807) is 24.3 Å². The molecule has 2 rings (SSSR count). The number of thioether (sulfide) groups is 1. The fraction of sp³-hybridized carbons (Fsp3) is 0.438. The number of amides is 1. The normalized spacial score (nSPS) is 13.1. The van der Waals surface area contributed by atoms with Gasteiger partial charge in [-0.15, -0.1) is 5.10 Å². The maximum Gasteiger partial charge on any atom is 0.328 e. The molecule has 0 fully saturated rings. The molecule has 0 aliphatic heterocycles. The van der Waals surface area contributed by atoms with Crippen LogP contribution in [0.3, 0.4) is 0 Å². The van der Waals surface area contributed by atoms with E-state index in [0.29, 0.717) is 10.2 Å². The van der Waals surface area contributed by atoms with Crippen molar-refractivity contribution in [3.05, 3.63) is 29.3 Å². The maximum atomic E-state index is 12.2. The molecular weight excluding hydrogens is 378 g/mol. The van der Waals surface area contributed by atoms with Crippen molar-refractivity contribution in [1.82, 2.24) is 25.5 Å². The molecule has 0 spiro atoms. The summed E-state index contributed by atoms with van der Waals surface area (Å²) >= 11 is 7.05. The summed E-state index contributed by atoms with van der Waals surface area (Å²) in [5, 5.41) is 15.3. The van der Waals surface area contributed by atoms with Crippen LogP contribution in [0, 0.1) is 5.92 Å². The average molecular weight is 398 g/mol. The molecule has 0 saturated heterocycles. The fourth-order valence-electron chi connectivity index (χ4n) is 2.15. The van der Waals surface area contributed by atoms with Gasteiger partial charge in [-0.1, -0.05) is 43.6 Å². The molecule has 1 aromatic heterocycles. The van der Waals surface area contributed by atoms with Gasteiger partial charge in [0.05, 0.1) is 18.6 Å². The van der Waals surface area contributed by atoms with Crippen molar-refractivity contribution in [2.45, 2.75) is 31.5 Å². The van der Waals surface area contributed by atoms with E-state index >= 15 is 0 Å². The van der Waals surface area contributed by atoms with Crippen LogP contribution in [-0.4, -0.2) is 51.0 Å². The first-order valence-electron chi connectivity index (χ1n) is 8.00. The van der Waals surface area contributed by atoms with Gasteiger partial charge in [-0.25, -0.2) is 4.79 Å². The number of carbonyl (C=O) groups is 2. The van der Waals surface area contributed by atoms with Crippen LogP contribution >= 0.6 is 23.4 Å². The summed E-state index contributed by atoms with van der Waals surface area (Å²) in [5.41, 5.74) is 0.731. The highest BCUT2D eigenvalue weighted by Crippen LogP contribution is 2.19. The number of rotatable bonds is 8. The van der Waals surface area contributed by atoms with Gasteiger partial charge in [0.1, 0.15) is 6.04 Å². The molecule has 0 aliphatic carbocycles. The third-order valence-electron chi connectivity index (χ3n) is 3.83. The first kappa shape index (κ1) is 20.2. The van der Waals surface area contributed by atoms with Crippen LogP contribution in [-0.2, 0) is 14.3 Å². The number of halogens is 1. The lowest BCUT2D eigenvalue weighted by atomic mass is 9.99.